The van der Waals surface area contributed by atoms with Crippen molar-refractivity contribution in [3.05, 3.63) is 101 Å². The van der Waals surface area contributed by atoms with Crippen molar-refractivity contribution in [2.45, 2.75) is 38.6 Å². The van der Waals surface area contributed by atoms with Crippen molar-refractivity contribution < 1.29 is 9.53 Å². The lowest BCUT2D eigenvalue weighted by Gasteiger charge is -2.19. The van der Waals surface area contributed by atoms with Gasteiger partial charge < -0.3 is 15.0 Å². The number of rotatable bonds is 4. The summed E-state index contributed by atoms with van der Waals surface area (Å²) >= 11 is 0. The molecule has 0 aliphatic carbocycles. The molecule has 0 saturated carbocycles. The van der Waals surface area contributed by atoms with Gasteiger partial charge in [-0.2, -0.15) is 0 Å². The first-order chi connectivity index (χ1) is 16.2. The number of amides is 1. The molecule has 1 N–H and O–H groups in total. The Hall–Kier alpha value is -3.11. The average Bonchev–Trinajstić information content (AvgIpc) is 2.82. The van der Waals surface area contributed by atoms with Gasteiger partial charge in [0.15, 0.2) is 0 Å². The van der Waals surface area contributed by atoms with E-state index >= 15 is 0 Å². The lowest BCUT2D eigenvalue weighted by Crippen LogP contribution is -2.25. The number of nitrogens with zero attached hydrogens (tertiary/aromatic N) is 1. The Morgan fingerprint density at radius 2 is 1.79 bits per heavy atom. The third-order valence-electron chi connectivity index (χ3n) is 6.14. The number of nitrogens with one attached hydrogen (secondary N) is 1. The van der Waals surface area contributed by atoms with E-state index < -0.39 is 0 Å². The molecule has 0 fully saturated rings. The van der Waals surface area contributed by atoms with Gasteiger partial charge in [-0.15, -0.1) is 0 Å². The normalized spacial score (nSPS) is 15.1. The van der Waals surface area contributed by atoms with Gasteiger partial charge in [-0.3, -0.25) is 4.79 Å². The Morgan fingerprint density at radius 1 is 0.939 bits per heavy atom. The summed E-state index contributed by atoms with van der Waals surface area (Å²) < 4.78 is 6.16. The molecule has 3 aromatic carbocycles. The molecule has 0 saturated heterocycles. The fraction of sp³-hybridized carbons (Fsp3) is 0.345. The molecule has 33 heavy (non-hydrogen) atoms. The molecule has 0 unspecified atom stereocenters. The molecule has 1 aliphatic rings. The number of carbonyl (C=O) groups excluding carboxylic acids is 1. The van der Waals surface area contributed by atoms with Gasteiger partial charge >= 0.3 is 0 Å². The van der Waals surface area contributed by atoms with Gasteiger partial charge in [0.05, 0.1) is 6.61 Å². The van der Waals surface area contributed by atoms with Crippen LogP contribution in [0.1, 0.15) is 51.9 Å². The Balaban J connectivity index is 1.50. The maximum absolute atomic E-state index is 12.8. The van der Waals surface area contributed by atoms with E-state index in [1.165, 1.54) is 23.1 Å². The number of hydrogen-bond donors (Lipinski definition) is 1. The van der Waals surface area contributed by atoms with Gasteiger partial charge in [0, 0.05) is 25.1 Å². The Morgan fingerprint density at radius 3 is 2.67 bits per heavy atom. The SMILES string of the molecule is CN1CCCCCOc2ccc(C(=O)NCCc3ccccc3)cc2Cc2cccc(c2)C1. The summed E-state index contributed by atoms with van der Waals surface area (Å²) in [5.74, 6) is 0.846. The number of ether oxygens (including phenoxy) is 1. The number of benzene rings is 3. The zero-order chi connectivity index (χ0) is 22.9. The summed E-state index contributed by atoms with van der Waals surface area (Å²) in [4.78, 5) is 15.2. The highest BCUT2D eigenvalue weighted by atomic mass is 16.5. The molecule has 0 radical (unpaired) electrons. The van der Waals surface area contributed by atoms with E-state index in [4.69, 9.17) is 4.74 Å². The first-order valence-electron chi connectivity index (χ1n) is 12.0. The molecule has 1 heterocycles. The van der Waals surface area contributed by atoms with Crippen LogP contribution in [0.25, 0.3) is 0 Å². The minimum Gasteiger partial charge on any atom is -0.493 e. The zero-order valence-corrected chi connectivity index (χ0v) is 19.6. The van der Waals surface area contributed by atoms with Gasteiger partial charge in [-0.05, 0) is 79.7 Å². The van der Waals surface area contributed by atoms with E-state index in [0.29, 0.717) is 18.7 Å². The quantitative estimate of drug-likeness (QED) is 0.600. The fourth-order valence-corrected chi connectivity index (χ4v) is 4.36. The average molecular weight is 443 g/mol. The van der Waals surface area contributed by atoms with Gasteiger partial charge in [0.25, 0.3) is 5.91 Å². The van der Waals surface area contributed by atoms with E-state index in [9.17, 15) is 4.79 Å². The molecule has 1 amide bonds. The van der Waals surface area contributed by atoms with Crippen molar-refractivity contribution in [1.29, 1.82) is 0 Å². The van der Waals surface area contributed by atoms with Crippen molar-refractivity contribution in [2.24, 2.45) is 0 Å². The molecule has 2 bridgehead atoms. The summed E-state index contributed by atoms with van der Waals surface area (Å²) in [6.45, 7) is 3.38. The van der Waals surface area contributed by atoms with Crippen LogP contribution < -0.4 is 10.1 Å². The molecular formula is C29H34N2O2. The number of fused-ring (bicyclic) bond motifs is 3. The van der Waals surface area contributed by atoms with Crippen LogP contribution in [0.4, 0.5) is 0 Å². The first kappa shape index (κ1) is 23.1. The van der Waals surface area contributed by atoms with Gasteiger partial charge in [-0.1, -0.05) is 54.6 Å². The van der Waals surface area contributed by atoms with Gasteiger partial charge in [0.1, 0.15) is 5.75 Å². The van der Waals surface area contributed by atoms with Crippen LogP contribution in [0.5, 0.6) is 5.75 Å². The zero-order valence-electron chi connectivity index (χ0n) is 19.6. The molecule has 1 aliphatic heterocycles. The topological polar surface area (TPSA) is 41.6 Å². The Bertz CT molecular complexity index is 1050. The van der Waals surface area contributed by atoms with E-state index in [-0.39, 0.29) is 5.91 Å². The largest absolute Gasteiger partial charge is 0.493 e. The summed E-state index contributed by atoms with van der Waals surface area (Å²) in [5, 5.41) is 3.06. The molecule has 0 aromatic heterocycles. The van der Waals surface area contributed by atoms with Crippen molar-refractivity contribution in [3.8, 4) is 5.75 Å². The van der Waals surface area contributed by atoms with Gasteiger partial charge in [-0.25, -0.2) is 0 Å². The molecule has 0 atom stereocenters. The van der Waals surface area contributed by atoms with Crippen LogP contribution in [0.2, 0.25) is 0 Å². The fourth-order valence-electron chi connectivity index (χ4n) is 4.36. The highest BCUT2D eigenvalue weighted by molar-refractivity contribution is 5.94. The van der Waals surface area contributed by atoms with E-state index in [1.807, 2.05) is 36.4 Å². The number of carbonyl (C=O) groups is 1. The summed E-state index contributed by atoms with van der Waals surface area (Å²) in [6.07, 6.45) is 4.94. The van der Waals surface area contributed by atoms with Crippen molar-refractivity contribution in [3.63, 3.8) is 0 Å². The van der Waals surface area contributed by atoms with E-state index in [0.717, 1.165) is 50.1 Å². The Kier molecular flexibility index (Phi) is 8.15. The predicted molar refractivity (Wildman–Crippen MR) is 134 cm³/mol. The van der Waals surface area contributed by atoms with E-state index in [1.54, 1.807) is 0 Å². The summed E-state index contributed by atoms with van der Waals surface area (Å²) in [7, 11) is 2.19. The summed E-state index contributed by atoms with van der Waals surface area (Å²) in [6, 6.07) is 24.8. The molecule has 4 nitrogen and oxygen atoms in total. The molecule has 0 spiro atoms. The molecule has 4 rings (SSSR count). The second-order valence-corrected chi connectivity index (χ2v) is 8.96. The predicted octanol–water partition coefficient (Wildman–Crippen LogP) is 5.24. The van der Waals surface area contributed by atoms with Gasteiger partial charge in [0.2, 0.25) is 0 Å². The lowest BCUT2D eigenvalue weighted by atomic mass is 9.99. The molecule has 4 heteroatoms. The van der Waals surface area contributed by atoms with Crippen LogP contribution in [0.3, 0.4) is 0 Å². The maximum Gasteiger partial charge on any atom is 0.251 e. The monoisotopic (exact) mass is 442 g/mol. The number of hydrogen-bond acceptors (Lipinski definition) is 3. The highest BCUT2D eigenvalue weighted by Crippen LogP contribution is 2.25. The van der Waals surface area contributed by atoms with Crippen molar-refractivity contribution in [2.75, 3.05) is 26.7 Å². The smallest absolute Gasteiger partial charge is 0.251 e. The second-order valence-electron chi connectivity index (χ2n) is 8.96. The van der Waals surface area contributed by atoms with Crippen LogP contribution in [0.15, 0.2) is 72.8 Å². The first-order valence-corrected chi connectivity index (χ1v) is 12.0. The maximum atomic E-state index is 12.8. The summed E-state index contributed by atoms with van der Waals surface area (Å²) in [5.41, 5.74) is 5.53. The lowest BCUT2D eigenvalue weighted by molar-refractivity contribution is 0.0954. The Labute approximate surface area is 197 Å². The van der Waals surface area contributed by atoms with Crippen molar-refractivity contribution >= 4 is 5.91 Å². The van der Waals surface area contributed by atoms with E-state index in [2.05, 4.69) is 53.7 Å². The molecule has 3 aromatic rings. The standard InChI is InChI=1S/C29H34N2O2/c1-31-17-6-3-7-18-33-28-14-13-26(29(32)30-16-15-23-9-4-2-5-10-23)21-27(28)20-24-11-8-12-25(19-24)22-31/h2,4-5,8-14,19,21H,3,6-7,15-18,20,22H2,1H3,(H,30,32). The second kappa shape index (κ2) is 11.7. The van der Waals surface area contributed by atoms with Crippen LogP contribution >= 0.6 is 0 Å². The van der Waals surface area contributed by atoms with Crippen LogP contribution in [-0.4, -0.2) is 37.6 Å². The van der Waals surface area contributed by atoms with Crippen LogP contribution in [-0.2, 0) is 19.4 Å². The van der Waals surface area contributed by atoms with Crippen molar-refractivity contribution in [1.82, 2.24) is 10.2 Å². The molecule has 172 valence electrons. The third kappa shape index (κ3) is 6.93. The molecular weight excluding hydrogens is 408 g/mol. The third-order valence-corrected chi connectivity index (χ3v) is 6.14. The minimum absolute atomic E-state index is 0.0384. The minimum atomic E-state index is -0.0384. The highest BCUT2D eigenvalue weighted by Gasteiger charge is 2.13. The van der Waals surface area contributed by atoms with Crippen LogP contribution in [0, 0.1) is 0 Å².